The van der Waals surface area contributed by atoms with Crippen molar-refractivity contribution in [3.8, 4) is 0 Å². The lowest BCUT2D eigenvalue weighted by Gasteiger charge is -2.19. The molecule has 10 heavy (non-hydrogen) atoms. The first kappa shape index (κ1) is 7.01. The highest BCUT2D eigenvalue weighted by molar-refractivity contribution is 5.80. The van der Waals surface area contributed by atoms with Crippen LogP contribution < -0.4 is 0 Å². The third-order valence-electron chi connectivity index (χ3n) is 1.20. The topological polar surface area (TPSA) is 65.0 Å². The quantitative estimate of drug-likeness (QED) is 0.458. The first-order valence-corrected chi connectivity index (χ1v) is 2.79. The van der Waals surface area contributed by atoms with Gasteiger partial charge in [0.05, 0.1) is 13.4 Å². The third kappa shape index (κ3) is 1.24. The Kier molecular flexibility index (Phi) is 1.86. The van der Waals surface area contributed by atoms with Crippen molar-refractivity contribution in [2.24, 2.45) is 4.99 Å². The number of methoxy groups -OCH3 is 1. The first-order valence-electron chi connectivity index (χ1n) is 2.79. The molecule has 5 nitrogen and oxygen atoms in total. The molecule has 0 amide bonds. The Morgan fingerprint density at radius 2 is 2.70 bits per heavy atom. The summed E-state index contributed by atoms with van der Waals surface area (Å²) in [5.74, 6) is -0.463. The van der Waals surface area contributed by atoms with Crippen molar-refractivity contribution in [1.29, 1.82) is 0 Å². The number of carbonyl (C=O) groups excluding carboxylic acids is 1. The second kappa shape index (κ2) is 2.66. The fourth-order valence-corrected chi connectivity index (χ4v) is 0.691. The van der Waals surface area contributed by atoms with Crippen LogP contribution >= 0.6 is 0 Å². The van der Waals surface area contributed by atoms with Crippen LogP contribution in [0.15, 0.2) is 4.99 Å². The molecular weight excluding hydrogens is 136 g/mol. The van der Waals surface area contributed by atoms with Gasteiger partial charge in [0.15, 0.2) is 6.04 Å². The van der Waals surface area contributed by atoms with Gasteiger partial charge in [0.2, 0.25) is 0 Å². The van der Waals surface area contributed by atoms with Gasteiger partial charge >= 0.3 is 5.97 Å². The van der Waals surface area contributed by atoms with E-state index in [1.165, 1.54) is 7.11 Å². The SMILES string of the molecule is COC(=O)C1CN([O-])C=N1. The second-order valence-electron chi connectivity index (χ2n) is 1.90. The van der Waals surface area contributed by atoms with Crippen LogP contribution in [0.2, 0.25) is 0 Å². The van der Waals surface area contributed by atoms with E-state index in [-0.39, 0.29) is 6.54 Å². The van der Waals surface area contributed by atoms with Gasteiger partial charge < -0.3 is 15.0 Å². The summed E-state index contributed by atoms with van der Waals surface area (Å²) in [5, 5.41) is 11.0. The second-order valence-corrected chi connectivity index (χ2v) is 1.90. The summed E-state index contributed by atoms with van der Waals surface area (Å²) in [5.41, 5.74) is 0. The van der Waals surface area contributed by atoms with Crippen LogP contribution in [0, 0.1) is 5.21 Å². The Balaban J connectivity index is 2.46. The lowest BCUT2D eigenvalue weighted by Crippen LogP contribution is -2.25. The summed E-state index contributed by atoms with van der Waals surface area (Å²) in [4.78, 5) is 14.3. The number of aliphatic imine (C=N–C) groups is 1. The van der Waals surface area contributed by atoms with Crippen molar-refractivity contribution < 1.29 is 9.53 Å². The largest absolute Gasteiger partial charge is 0.758 e. The average molecular weight is 143 g/mol. The van der Waals surface area contributed by atoms with Gasteiger partial charge in [0.1, 0.15) is 0 Å². The minimum Gasteiger partial charge on any atom is -0.758 e. The van der Waals surface area contributed by atoms with E-state index in [2.05, 4.69) is 9.73 Å². The lowest BCUT2D eigenvalue weighted by atomic mass is 10.3. The fourth-order valence-electron chi connectivity index (χ4n) is 0.691. The number of esters is 1. The van der Waals surface area contributed by atoms with Crippen molar-refractivity contribution in [3.63, 3.8) is 0 Å². The van der Waals surface area contributed by atoms with E-state index in [1.54, 1.807) is 0 Å². The zero-order valence-electron chi connectivity index (χ0n) is 5.48. The van der Waals surface area contributed by atoms with Crippen molar-refractivity contribution in [2.45, 2.75) is 6.04 Å². The lowest BCUT2D eigenvalue weighted by molar-refractivity contribution is -0.141. The third-order valence-corrected chi connectivity index (χ3v) is 1.20. The van der Waals surface area contributed by atoms with Crippen molar-refractivity contribution in [3.05, 3.63) is 5.21 Å². The van der Waals surface area contributed by atoms with E-state index >= 15 is 0 Å². The Labute approximate surface area is 57.9 Å². The van der Waals surface area contributed by atoms with Gasteiger partial charge in [-0.05, 0) is 0 Å². The van der Waals surface area contributed by atoms with Crippen molar-refractivity contribution >= 4 is 12.3 Å². The molecular formula is C5H7N2O3-. The molecule has 1 heterocycles. The van der Waals surface area contributed by atoms with Crippen LogP contribution in [0.3, 0.4) is 0 Å². The first-order chi connectivity index (χ1) is 4.74. The maximum absolute atomic E-state index is 10.7. The molecule has 0 radical (unpaired) electrons. The molecule has 0 aromatic heterocycles. The number of carbonyl (C=O) groups is 1. The molecule has 1 aliphatic rings. The maximum atomic E-state index is 10.7. The number of hydroxylamine groups is 2. The summed E-state index contributed by atoms with van der Waals surface area (Å²) in [6.07, 6.45) is 1.08. The Morgan fingerprint density at radius 3 is 3.10 bits per heavy atom. The number of hydrogen-bond donors (Lipinski definition) is 0. The minimum atomic E-state index is -0.623. The van der Waals surface area contributed by atoms with Crippen LogP contribution in [-0.2, 0) is 9.53 Å². The van der Waals surface area contributed by atoms with Gasteiger partial charge in [-0.25, -0.2) is 4.79 Å². The Morgan fingerprint density at radius 1 is 2.00 bits per heavy atom. The highest BCUT2D eigenvalue weighted by atomic mass is 16.5. The van der Waals surface area contributed by atoms with Crippen LogP contribution in [0.1, 0.15) is 0 Å². The smallest absolute Gasteiger partial charge is 0.332 e. The molecule has 56 valence electrons. The molecule has 1 aliphatic heterocycles. The predicted molar refractivity (Wildman–Crippen MR) is 34.4 cm³/mol. The number of nitrogens with zero attached hydrogens (tertiary/aromatic N) is 2. The molecule has 0 bridgehead atoms. The summed E-state index contributed by atoms with van der Waals surface area (Å²) in [6.45, 7) is 0.0761. The van der Waals surface area contributed by atoms with Gasteiger partial charge in [-0.2, -0.15) is 0 Å². The highest BCUT2D eigenvalue weighted by Gasteiger charge is 2.20. The molecule has 1 unspecified atom stereocenters. The van der Waals surface area contributed by atoms with Crippen molar-refractivity contribution in [1.82, 2.24) is 5.06 Å². The van der Waals surface area contributed by atoms with Crippen molar-refractivity contribution in [2.75, 3.05) is 13.7 Å². The normalized spacial score (nSPS) is 23.4. The summed E-state index contributed by atoms with van der Waals surface area (Å²) >= 11 is 0. The average Bonchev–Trinajstić information content (AvgIpc) is 2.34. The number of hydrogen-bond acceptors (Lipinski definition) is 5. The van der Waals surface area contributed by atoms with Crippen LogP contribution in [0.4, 0.5) is 0 Å². The molecule has 0 fully saturated rings. The molecule has 0 aromatic rings. The summed E-state index contributed by atoms with van der Waals surface area (Å²) < 4.78 is 4.36. The Hall–Kier alpha value is -1.10. The minimum absolute atomic E-state index is 0.0761. The van der Waals surface area contributed by atoms with Crippen LogP contribution in [0.5, 0.6) is 0 Å². The zero-order valence-corrected chi connectivity index (χ0v) is 5.48. The summed E-state index contributed by atoms with van der Waals surface area (Å²) in [7, 11) is 1.27. The molecule has 0 aromatic carbocycles. The Bertz CT molecular complexity index is 168. The van der Waals surface area contributed by atoms with Gasteiger partial charge in [0.25, 0.3) is 0 Å². The number of rotatable bonds is 1. The van der Waals surface area contributed by atoms with Crippen LogP contribution in [0.25, 0.3) is 0 Å². The van der Waals surface area contributed by atoms with E-state index in [1.807, 2.05) is 0 Å². The fraction of sp³-hybridized carbons (Fsp3) is 0.600. The number of ether oxygens (including phenoxy) is 1. The molecule has 0 aliphatic carbocycles. The predicted octanol–water partition coefficient (Wildman–Crippen LogP) is -0.630. The molecule has 0 N–H and O–H groups in total. The zero-order chi connectivity index (χ0) is 7.56. The molecule has 0 spiro atoms. The molecule has 0 saturated carbocycles. The van der Waals surface area contributed by atoms with E-state index in [0.29, 0.717) is 5.06 Å². The molecule has 1 rings (SSSR count). The van der Waals surface area contributed by atoms with E-state index < -0.39 is 12.0 Å². The van der Waals surface area contributed by atoms with Gasteiger partial charge in [-0.15, -0.1) is 0 Å². The monoisotopic (exact) mass is 143 g/mol. The highest BCUT2D eigenvalue weighted by Crippen LogP contribution is 2.02. The summed E-state index contributed by atoms with van der Waals surface area (Å²) in [6, 6.07) is -0.623. The standard InChI is InChI=1S/C5H7N2O3/c1-10-5(8)4-2-7(9)3-6-4/h3-4H,2H2,1H3/q-1. The molecule has 5 heteroatoms. The molecule has 1 atom stereocenters. The van der Waals surface area contributed by atoms with Gasteiger partial charge in [-0.1, -0.05) is 0 Å². The van der Waals surface area contributed by atoms with Gasteiger partial charge in [0, 0.05) is 6.54 Å². The van der Waals surface area contributed by atoms with E-state index in [9.17, 15) is 10.0 Å². The van der Waals surface area contributed by atoms with E-state index in [4.69, 9.17) is 0 Å². The molecule has 0 saturated heterocycles. The van der Waals surface area contributed by atoms with E-state index in [0.717, 1.165) is 6.34 Å². The maximum Gasteiger partial charge on any atom is 0.332 e. The van der Waals surface area contributed by atoms with Gasteiger partial charge in [-0.3, -0.25) is 4.99 Å². The van der Waals surface area contributed by atoms with Crippen LogP contribution in [-0.4, -0.2) is 37.1 Å².